The molecular formula is C11H9F2NO3S. The molecule has 0 atom stereocenters. The van der Waals surface area contributed by atoms with Crippen LogP contribution in [0, 0.1) is 18.6 Å². The molecule has 0 aliphatic heterocycles. The van der Waals surface area contributed by atoms with Gasteiger partial charge in [0.2, 0.25) is 0 Å². The Morgan fingerprint density at radius 1 is 1.28 bits per heavy atom. The lowest BCUT2D eigenvalue weighted by atomic mass is 10.3. The highest BCUT2D eigenvalue weighted by Crippen LogP contribution is 2.21. The predicted molar refractivity (Wildman–Crippen MR) is 58.5 cm³/mol. The fourth-order valence-electron chi connectivity index (χ4n) is 1.46. The molecule has 0 aliphatic carbocycles. The summed E-state index contributed by atoms with van der Waals surface area (Å²) in [6, 6.07) is 3.70. The number of benzene rings is 1. The summed E-state index contributed by atoms with van der Waals surface area (Å²) >= 11 is 0. The predicted octanol–water partition coefficient (Wildman–Crippen LogP) is 2.24. The van der Waals surface area contributed by atoms with E-state index in [0.717, 1.165) is 12.1 Å². The molecule has 0 saturated heterocycles. The van der Waals surface area contributed by atoms with Gasteiger partial charge in [-0.3, -0.25) is 0 Å². The number of hydrogen-bond donors (Lipinski definition) is 0. The molecule has 0 unspecified atom stereocenters. The van der Waals surface area contributed by atoms with Gasteiger partial charge in [-0.05, 0) is 25.1 Å². The number of rotatable bonds is 3. The fraction of sp³-hybridized carbons (Fsp3) is 0.182. The van der Waals surface area contributed by atoms with Gasteiger partial charge in [-0.25, -0.2) is 17.2 Å². The van der Waals surface area contributed by atoms with E-state index in [1.54, 1.807) is 6.92 Å². The van der Waals surface area contributed by atoms with Crippen molar-refractivity contribution in [2.75, 3.05) is 0 Å². The first kappa shape index (κ1) is 12.7. The number of hydrogen-bond acceptors (Lipinski definition) is 4. The molecule has 1 aromatic heterocycles. The number of aromatic nitrogens is 1. The van der Waals surface area contributed by atoms with E-state index in [0.29, 0.717) is 11.8 Å². The number of aryl methyl sites for hydroxylation is 1. The molecule has 2 rings (SSSR count). The van der Waals surface area contributed by atoms with Crippen molar-refractivity contribution >= 4 is 9.84 Å². The van der Waals surface area contributed by atoms with Gasteiger partial charge < -0.3 is 4.52 Å². The van der Waals surface area contributed by atoms with Crippen molar-refractivity contribution < 1.29 is 21.7 Å². The van der Waals surface area contributed by atoms with Crippen LogP contribution in [0.2, 0.25) is 0 Å². The Kier molecular flexibility index (Phi) is 3.16. The van der Waals surface area contributed by atoms with E-state index in [4.69, 9.17) is 4.52 Å². The first-order valence-electron chi connectivity index (χ1n) is 4.98. The van der Waals surface area contributed by atoms with Crippen LogP contribution in [0.3, 0.4) is 0 Å². The first-order valence-corrected chi connectivity index (χ1v) is 6.64. The zero-order valence-electron chi connectivity index (χ0n) is 9.35. The third-order valence-corrected chi connectivity index (χ3v) is 3.88. The van der Waals surface area contributed by atoms with Crippen molar-refractivity contribution in [3.05, 3.63) is 47.4 Å². The van der Waals surface area contributed by atoms with Crippen molar-refractivity contribution in [2.45, 2.75) is 17.6 Å². The average Bonchev–Trinajstić information content (AvgIpc) is 2.66. The van der Waals surface area contributed by atoms with Crippen molar-refractivity contribution in [1.29, 1.82) is 0 Å². The van der Waals surface area contributed by atoms with Crippen LogP contribution >= 0.6 is 0 Å². The molecule has 0 spiro atoms. The SMILES string of the molecule is Cc1cc(CS(=O)(=O)c2cc(F)ccc2F)on1. The molecule has 18 heavy (non-hydrogen) atoms. The minimum Gasteiger partial charge on any atom is -0.360 e. The second-order valence-electron chi connectivity index (χ2n) is 3.77. The molecule has 0 amide bonds. The third-order valence-electron chi connectivity index (χ3n) is 2.24. The zero-order valence-corrected chi connectivity index (χ0v) is 10.2. The van der Waals surface area contributed by atoms with Gasteiger partial charge in [0.1, 0.15) is 22.3 Å². The fourth-order valence-corrected chi connectivity index (χ4v) is 2.79. The van der Waals surface area contributed by atoms with Crippen LogP contribution in [0.4, 0.5) is 8.78 Å². The topological polar surface area (TPSA) is 60.2 Å². The maximum Gasteiger partial charge on any atom is 0.188 e. The van der Waals surface area contributed by atoms with E-state index in [-0.39, 0.29) is 5.76 Å². The van der Waals surface area contributed by atoms with Crippen LogP contribution < -0.4 is 0 Å². The lowest BCUT2D eigenvalue weighted by Gasteiger charge is -2.03. The highest BCUT2D eigenvalue weighted by atomic mass is 32.2. The summed E-state index contributed by atoms with van der Waals surface area (Å²) < 4.78 is 54.9. The third kappa shape index (κ3) is 2.56. The molecule has 0 aliphatic rings. The molecule has 2 aromatic rings. The molecule has 0 bridgehead atoms. The van der Waals surface area contributed by atoms with Crippen molar-refractivity contribution in [2.24, 2.45) is 0 Å². The van der Waals surface area contributed by atoms with Crippen LogP contribution in [0.15, 0.2) is 33.7 Å². The Morgan fingerprint density at radius 2 is 2.00 bits per heavy atom. The van der Waals surface area contributed by atoms with Crippen LogP contribution in [0.1, 0.15) is 11.5 Å². The van der Waals surface area contributed by atoms with Gasteiger partial charge in [0.15, 0.2) is 15.6 Å². The van der Waals surface area contributed by atoms with Crippen molar-refractivity contribution in [1.82, 2.24) is 5.16 Å². The van der Waals surface area contributed by atoms with E-state index in [1.165, 1.54) is 6.07 Å². The van der Waals surface area contributed by atoms with Gasteiger partial charge in [-0.15, -0.1) is 0 Å². The minimum atomic E-state index is -4.00. The highest BCUT2D eigenvalue weighted by Gasteiger charge is 2.22. The summed E-state index contributed by atoms with van der Waals surface area (Å²) in [6.07, 6.45) is 0. The molecule has 0 radical (unpaired) electrons. The first-order chi connectivity index (χ1) is 8.38. The molecule has 1 aromatic carbocycles. The zero-order chi connectivity index (χ0) is 13.3. The summed E-state index contributed by atoms with van der Waals surface area (Å²) in [7, 11) is -4.00. The Bertz CT molecular complexity index is 679. The second-order valence-corrected chi connectivity index (χ2v) is 5.73. The lowest BCUT2D eigenvalue weighted by Crippen LogP contribution is -2.07. The van der Waals surface area contributed by atoms with Crippen molar-refractivity contribution in [3.63, 3.8) is 0 Å². The second kappa shape index (κ2) is 4.49. The van der Waals surface area contributed by atoms with Crippen LogP contribution in [-0.2, 0) is 15.6 Å². The van der Waals surface area contributed by atoms with Crippen LogP contribution in [0.25, 0.3) is 0 Å². The minimum absolute atomic E-state index is 0.0798. The lowest BCUT2D eigenvalue weighted by molar-refractivity contribution is 0.388. The molecule has 0 fully saturated rings. The van der Waals surface area contributed by atoms with E-state index >= 15 is 0 Å². The Labute approximate surface area is 102 Å². The number of sulfone groups is 1. The molecule has 0 N–H and O–H groups in total. The molecule has 96 valence electrons. The molecule has 4 nitrogen and oxygen atoms in total. The van der Waals surface area contributed by atoms with Gasteiger partial charge in [0.05, 0.1) is 5.69 Å². The van der Waals surface area contributed by atoms with E-state index in [9.17, 15) is 17.2 Å². The molecule has 7 heteroatoms. The summed E-state index contributed by atoms with van der Waals surface area (Å²) in [6.45, 7) is 1.63. The normalized spacial score (nSPS) is 11.7. The number of nitrogens with zero attached hydrogens (tertiary/aromatic N) is 1. The van der Waals surface area contributed by atoms with Gasteiger partial charge in [-0.2, -0.15) is 0 Å². The van der Waals surface area contributed by atoms with Gasteiger partial charge in [0, 0.05) is 6.07 Å². The van der Waals surface area contributed by atoms with Gasteiger partial charge >= 0.3 is 0 Å². The maximum absolute atomic E-state index is 13.4. The van der Waals surface area contributed by atoms with Gasteiger partial charge in [0.25, 0.3) is 0 Å². The highest BCUT2D eigenvalue weighted by molar-refractivity contribution is 7.90. The van der Waals surface area contributed by atoms with Gasteiger partial charge in [-0.1, -0.05) is 5.16 Å². The van der Waals surface area contributed by atoms with E-state index in [2.05, 4.69) is 5.16 Å². The molecule has 0 saturated carbocycles. The van der Waals surface area contributed by atoms with E-state index < -0.39 is 32.1 Å². The summed E-state index contributed by atoms with van der Waals surface area (Å²) in [5, 5.41) is 3.53. The van der Waals surface area contributed by atoms with Crippen LogP contribution in [0.5, 0.6) is 0 Å². The van der Waals surface area contributed by atoms with Crippen LogP contribution in [-0.4, -0.2) is 13.6 Å². The summed E-state index contributed by atoms with van der Waals surface area (Å²) in [5.74, 6) is -2.29. The smallest absolute Gasteiger partial charge is 0.188 e. The largest absolute Gasteiger partial charge is 0.360 e. The van der Waals surface area contributed by atoms with E-state index in [1.807, 2.05) is 0 Å². The maximum atomic E-state index is 13.4. The Morgan fingerprint density at radius 3 is 2.61 bits per heavy atom. The Hall–Kier alpha value is -1.76. The average molecular weight is 273 g/mol. The Balaban J connectivity index is 2.39. The summed E-state index contributed by atoms with van der Waals surface area (Å²) in [5.41, 5.74) is 0.514. The quantitative estimate of drug-likeness (QED) is 0.860. The molecule has 1 heterocycles. The summed E-state index contributed by atoms with van der Waals surface area (Å²) in [4.78, 5) is -0.684. The standard InChI is InChI=1S/C11H9F2NO3S/c1-7-4-9(17-14-7)6-18(15,16)11-5-8(12)2-3-10(11)13/h2-5H,6H2,1H3. The molecular weight excluding hydrogens is 264 g/mol. The van der Waals surface area contributed by atoms with Crippen molar-refractivity contribution in [3.8, 4) is 0 Å². The number of halogens is 2. The monoisotopic (exact) mass is 273 g/mol.